The van der Waals surface area contributed by atoms with Crippen molar-refractivity contribution >= 4 is 35.3 Å². The van der Waals surface area contributed by atoms with E-state index in [1.54, 1.807) is 0 Å². The first-order chi connectivity index (χ1) is 22.4. The smallest absolute Gasteiger partial charge is 0.336 e. The summed E-state index contributed by atoms with van der Waals surface area (Å²) in [6.45, 7) is -5.06. The van der Waals surface area contributed by atoms with Gasteiger partial charge in [-0.1, -0.05) is 0 Å². The van der Waals surface area contributed by atoms with Crippen molar-refractivity contribution in [1.29, 1.82) is 0 Å². The molecule has 0 aliphatic heterocycles. The van der Waals surface area contributed by atoms with E-state index in [9.17, 15) is 28.8 Å². The molecule has 25 nitrogen and oxygen atoms in total. The SMILES string of the molecule is O=C(CO)[C@@H](O)[C@H](O)[C@H](O)CO.O=C(CO)[C@@H](O)[C@H](O)[C@H](O)CO.O=C(CO)[C@@H](O)[C@H](O)[C@H](O)CO.O=C(O)CC(O)(CC(=O)O)C(=O)O. The van der Waals surface area contributed by atoms with Crippen molar-refractivity contribution in [3.05, 3.63) is 0 Å². The summed E-state index contributed by atoms with van der Waals surface area (Å²) in [7, 11) is 0. The van der Waals surface area contributed by atoms with Crippen molar-refractivity contribution in [2.75, 3.05) is 39.6 Å². The number of carbonyl (C=O) groups is 6. The lowest BCUT2D eigenvalue weighted by molar-refractivity contribution is -0.170. The predicted molar refractivity (Wildman–Crippen MR) is 149 cm³/mol. The fraction of sp³-hybridized carbons (Fsp3) is 0.750. The molecule has 0 bridgehead atoms. The molecule has 290 valence electrons. The zero-order valence-electron chi connectivity index (χ0n) is 25.3. The average Bonchev–Trinajstić information content (AvgIpc) is 3.07. The molecule has 0 radical (unpaired) electrons. The number of Topliss-reactive ketones (excluding diaryl/α,β-unsaturated/α-hetero) is 3. The monoisotopic (exact) mass is 732 g/mol. The third-order valence-electron chi connectivity index (χ3n) is 5.46. The lowest BCUT2D eigenvalue weighted by atomic mass is 9.96. The first-order valence-electron chi connectivity index (χ1n) is 13.2. The first kappa shape index (κ1) is 52.6. The molecule has 0 spiro atoms. The molecule has 0 heterocycles. The zero-order chi connectivity index (χ0) is 39.8. The Bertz CT molecular complexity index is 891. The first-order valence-corrected chi connectivity index (χ1v) is 13.2. The molecule has 19 N–H and O–H groups in total. The maximum absolute atomic E-state index is 10.5. The summed E-state index contributed by atoms with van der Waals surface area (Å²) in [4.78, 5) is 62.0. The number of aliphatic carboxylic acids is 3. The summed E-state index contributed by atoms with van der Waals surface area (Å²) in [6.07, 6.45) is -17.9. The third-order valence-corrected chi connectivity index (χ3v) is 5.46. The molecule has 49 heavy (non-hydrogen) atoms. The van der Waals surface area contributed by atoms with Gasteiger partial charge in [0.05, 0.1) is 32.7 Å². The number of hydrogen-bond donors (Lipinski definition) is 19. The number of aliphatic hydroxyl groups is 16. The topological polar surface area (TPSA) is 487 Å². The molecular weight excluding hydrogens is 688 g/mol. The minimum Gasteiger partial charge on any atom is -0.481 e. The molecule has 0 amide bonds. The number of carbonyl (C=O) groups excluding carboxylic acids is 3. The highest BCUT2D eigenvalue weighted by atomic mass is 16.4. The summed E-state index contributed by atoms with van der Waals surface area (Å²) < 4.78 is 0. The second-order valence-corrected chi connectivity index (χ2v) is 9.41. The van der Waals surface area contributed by atoms with Crippen LogP contribution in [0, 0.1) is 0 Å². The van der Waals surface area contributed by atoms with E-state index in [1.165, 1.54) is 0 Å². The fourth-order valence-corrected chi connectivity index (χ4v) is 2.52. The summed E-state index contributed by atoms with van der Waals surface area (Å²) in [5.41, 5.74) is -2.74. The Morgan fingerprint density at radius 2 is 0.633 bits per heavy atom. The van der Waals surface area contributed by atoms with E-state index in [1.807, 2.05) is 0 Å². The van der Waals surface area contributed by atoms with Crippen LogP contribution in [0.3, 0.4) is 0 Å². The highest BCUT2D eigenvalue weighted by molar-refractivity contribution is 5.88. The summed E-state index contributed by atoms with van der Waals surface area (Å²) in [6, 6.07) is 0. The summed E-state index contributed by atoms with van der Waals surface area (Å²) >= 11 is 0. The van der Waals surface area contributed by atoms with Crippen molar-refractivity contribution in [2.24, 2.45) is 0 Å². The van der Waals surface area contributed by atoms with E-state index in [4.69, 9.17) is 97.0 Å². The lowest BCUT2D eigenvalue weighted by Crippen LogP contribution is -2.44. The van der Waals surface area contributed by atoms with E-state index in [-0.39, 0.29) is 0 Å². The standard InChI is InChI=1S/C6H8O7.3C6H12O6/c7-3(8)1-6(13,5(11)12)2-4(9)10;3*7-1-3(9)5(11)6(12)4(10)2-8/h13H,1-2H2,(H,7,8)(H,9,10)(H,11,12);3*3,5-9,11-12H,1-2H2/t;3*3-,5-,6-/m.111/s1. The molecule has 0 aliphatic rings. The molecule has 0 unspecified atom stereocenters. The number of carboxylic acids is 3. The van der Waals surface area contributed by atoms with Crippen molar-refractivity contribution in [1.82, 2.24) is 0 Å². The number of ketones is 3. The van der Waals surface area contributed by atoms with Gasteiger partial charge in [0.2, 0.25) is 0 Å². The van der Waals surface area contributed by atoms with Gasteiger partial charge in [0, 0.05) is 0 Å². The van der Waals surface area contributed by atoms with E-state index in [0.717, 1.165) is 0 Å². The Kier molecular flexibility index (Phi) is 29.6. The molecular formula is C24H44O25. The molecule has 0 aromatic rings. The van der Waals surface area contributed by atoms with E-state index >= 15 is 0 Å². The summed E-state index contributed by atoms with van der Waals surface area (Å²) in [5.74, 6) is -8.03. The van der Waals surface area contributed by atoms with Crippen LogP contribution >= 0.6 is 0 Å². The van der Waals surface area contributed by atoms with Crippen molar-refractivity contribution in [2.45, 2.75) is 73.4 Å². The van der Waals surface area contributed by atoms with E-state index in [0.29, 0.717) is 0 Å². The highest BCUT2D eigenvalue weighted by Gasteiger charge is 2.41. The van der Waals surface area contributed by atoms with Crippen LogP contribution in [-0.4, -0.2) is 232 Å². The average molecular weight is 733 g/mol. The second-order valence-electron chi connectivity index (χ2n) is 9.41. The van der Waals surface area contributed by atoms with Gasteiger partial charge in [-0.25, -0.2) is 4.79 Å². The lowest BCUT2D eigenvalue weighted by Gasteiger charge is -2.19. The largest absolute Gasteiger partial charge is 0.481 e. The minimum absolute atomic E-state index is 0.767. The molecule has 0 aromatic heterocycles. The number of rotatable bonds is 20. The molecule has 0 saturated heterocycles. The molecule has 0 aromatic carbocycles. The fourth-order valence-electron chi connectivity index (χ4n) is 2.52. The van der Waals surface area contributed by atoms with Gasteiger partial charge in [0.15, 0.2) is 23.0 Å². The van der Waals surface area contributed by atoms with Crippen LogP contribution in [0.4, 0.5) is 0 Å². The minimum atomic E-state index is -2.74. The number of hydrogen-bond acceptors (Lipinski definition) is 22. The number of aliphatic hydroxyl groups excluding tert-OH is 15. The van der Waals surface area contributed by atoms with Crippen LogP contribution < -0.4 is 0 Å². The van der Waals surface area contributed by atoms with Crippen LogP contribution in [0.5, 0.6) is 0 Å². The maximum atomic E-state index is 10.5. The van der Waals surface area contributed by atoms with Gasteiger partial charge in [0.1, 0.15) is 74.8 Å². The molecule has 0 aliphatic carbocycles. The Balaban J connectivity index is -0.000000276. The second kappa shape index (κ2) is 27.6. The van der Waals surface area contributed by atoms with Crippen LogP contribution in [0.25, 0.3) is 0 Å². The van der Waals surface area contributed by atoms with Crippen molar-refractivity contribution < 1.29 is 126 Å². The van der Waals surface area contributed by atoms with Gasteiger partial charge in [-0.3, -0.25) is 24.0 Å². The molecule has 0 fully saturated rings. The Morgan fingerprint density at radius 3 is 0.755 bits per heavy atom. The van der Waals surface area contributed by atoms with Gasteiger partial charge in [-0.05, 0) is 0 Å². The summed E-state index contributed by atoms with van der Waals surface area (Å²) in [5, 5.41) is 163. The zero-order valence-corrected chi connectivity index (χ0v) is 25.3. The molecule has 0 rings (SSSR count). The van der Waals surface area contributed by atoms with E-state index in [2.05, 4.69) is 0 Å². The maximum Gasteiger partial charge on any atom is 0.336 e. The van der Waals surface area contributed by atoms with Gasteiger partial charge >= 0.3 is 17.9 Å². The van der Waals surface area contributed by atoms with Gasteiger partial charge < -0.3 is 97.0 Å². The molecule has 0 saturated carbocycles. The van der Waals surface area contributed by atoms with Crippen molar-refractivity contribution in [3.63, 3.8) is 0 Å². The Labute approximate surface area is 274 Å². The third kappa shape index (κ3) is 22.2. The predicted octanol–water partition coefficient (Wildman–Crippen LogP) is -11.4. The molecule has 9 atom stereocenters. The van der Waals surface area contributed by atoms with Crippen LogP contribution in [0.1, 0.15) is 12.8 Å². The van der Waals surface area contributed by atoms with Gasteiger partial charge in [0.25, 0.3) is 0 Å². The molecule has 25 heteroatoms. The van der Waals surface area contributed by atoms with Crippen LogP contribution in [0.2, 0.25) is 0 Å². The Morgan fingerprint density at radius 1 is 0.429 bits per heavy atom. The highest BCUT2D eigenvalue weighted by Crippen LogP contribution is 2.15. The van der Waals surface area contributed by atoms with Crippen LogP contribution in [-0.2, 0) is 28.8 Å². The van der Waals surface area contributed by atoms with Crippen LogP contribution in [0.15, 0.2) is 0 Å². The number of carboxylic acid groups (broad SMARTS) is 3. The van der Waals surface area contributed by atoms with E-state index < -0.39 is 148 Å². The quantitative estimate of drug-likeness (QED) is 0.0552. The van der Waals surface area contributed by atoms with Crippen molar-refractivity contribution in [3.8, 4) is 0 Å². The van der Waals surface area contributed by atoms with Gasteiger partial charge in [-0.2, -0.15) is 0 Å². The van der Waals surface area contributed by atoms with Gasteiger partial charge in [-0.15, -0.1) is 0 Å². The Hall–Kier alpha value is -3.22. The normalized spacial score (nSPS) is 16.4.